The summed E-state index contributed by atoms with van der Waals surface area (Å²) < 4.78 is 33.2. The van der Waals surface area contributed by atoms with Gasteiger partial charge in [0.25, 0.3) is 0 Å². The molecule has 0 amide bonds. The molecule has 0 radical (unpaired) electrons. The summed E-state index contributed by atoms with van der Waals surface area (Å²) in [5, 5.41) is 0. The number of hydrogen-bond donors (Lipinski definition) is 0. The Hall–Kier alpha value is -1.51. The first-order valence-electron chi connectivity index (χ1n) is 7.67. The van der Waals surface area contributed by atoms with E-state index in [1.54, 1.807) is 0 Å². The van der Waals surface area contributed by atoms with Gasteiger partial charge >= 0.3 is 5.97 Å². The topological polar surface area (TPSA) is 72.5 Å². The van der Waals surface area contributed by atoms with Gasteiger partial charge in [-0.25, -0.2) is 0 Å². The van der Waals surface area contributed by atoms with Crippen molar-refractivity contribution in [2.75, 3.05) is 21.3 Å². The largest absolute Gasteiger partial charge is 0.433 e. The van der Waals surface area contributed by atoms with Crippen molar-refractivity contribution in [2.45, 2.75) is 44.4 Å². The molecule has 0 bridgehead atoms. The van der Waals surface area contributed by atoms with E-state index in [4.69, 9.17) is 28.4 Å². The molecule has 0 spiro atoms. The predicted molar refractivity (Wildman–Crippen MR) is 84.0 cm³/mol. The predicted octanol–water partition coefficient (Wildman–Crippen LogP) is 1.49. The number of carbonyl (C=O) groups excluding carboxylic acids is 1. The zero-order valence-electron chi connectivity index (χ0n) is 14.3. The zero-order valence-corrected chi connectivity index (χ0v) is 14.3. The molecule has 1 aliphatic rings. The minimum atomic E-state index is -0.940. The molecule has 7 heteroatoms. The third-order valence-electron chi connectivity index (χ3n) is 3.81. The molecule has 134 valence electrons. The molecule has 1 aromatic rings. The maximum absolute atomic E-state index is 11.3. The van der Waals surface area contributed by atoms with Gasteiger partial charge in [-0.05, 0) is 5.56 Å². The first-order valence-corrected chi connectivity index (χ1v) is 7.67. The second kappa shape index (κ2) is 9.10. The molecule has 2 rings (SSSR count). The average molecular weight is 340 g/mol. The lowest BCUT2D eigenvalue weighted by molar-refractivity contribution is -0.352. The number of rotatable bonds is 7. The van der Waals surface area contributed by atoms with Crippen LogP contribution in [0.4, 0.5) is 0 Å². The lowest BCUT2D eigenvalue weighted by Crippen LogP contribution is -2.61. The van der Waals surface area contributed by atoms with Crippen LogP contribution >= 0.6 is 0 Å². The maximum Gasteiger partial charge on any atom is 0.305 e. The van der Waals surface area contributed by atoms with Crippen LogP contribution in [0.2, 0.25) is 0 Å². The normalized spacial score (nSPS) is 30.1. The number of esters is 1. The van der Waals surface area contributed by atoms with Gasteiger partial charge in [0.05, 0.1) is 6.61 Å². The molecule has 1 heterocycles. The molecule has 1 saturated heterocycles. The summed E-state index contributed by atoms with van der Waals surface area (Å²) in [5.74, 6) is -0.477. The molecule has 0 N–H and O–H groups in total. The maximum atomic E-state index is 11.3. The fourth-order valence-electron chi connectivity index (χ4n) is 2.69. The van der Waals surface area contributed by atoms with Gasteiger partial charge in [-0.15, -0.1) is 0 Å². The lowest BCUT2D eigenvalue weighted by Gasteiger charge is -2.43. The molecule has 5 atom stereocenters. The third kappa shape index (κ3) is 4.52. The first kappa shape index (κ1) is 18.8. The Morgan fingerprint density at radius 3 is 2.08 bits per heavy atom. The molecule has 1 unspecified atom stereocenters. The molecule has 0 saturated carbocycles. The highest BCUT2D eigenvalue weighted by Crippen LogP contribution is 2.29. The number of carbonyl (C=O) groups is 1. The van der Waals surface area contributed by atoms with E-state index in [0.717, 1.165) is 5.56 Å². The van der Waals surface area contributed by atoms with E-state index in [-0.39, 0.29) is 0 Å². The van der Waals surface area contributed by atoms with Gasteiger partial charge in [0.15, 0.2) is 6.29 Å². The summed E-state index contributed by atoms with van der Waals surface area (Å²) >= 11 is 0. The van der Waals surface area contributed by atoms with E-state index < -0.39 is 36.9 Å². The van der Waals surface area contributed by atoms with Crippen molar-refractivity contribution in [3.63, 3.8) is 0 Å². The molecule has 24 heavy (non-hydrogen) atoms. The first-order chi connectivity index (χ1) is 11.6. The van der Waals surface area contributed by atoms with Crippen LogP contribution in [0.15, 0.2) is 30.3 Å². The summed E-state index contributed by atoms with van der Waals surface area (Å²) in [6.07, 6.45) is -3.38. The van der Waals surface area contributed by atoms with Crippen molar-refractivity contribution in [1.82, 2.24) is 0 Å². The van der Waals surface area contributed by atoms with Crippen molar-refractivity contribution in [2.24, 2.45) is 0 Å². The number of ether oxygens (including phenoxy) is 6. The Kier molecular flexibility index (Phi) is 7.14. The molecule has 0 aromatic heterocycles. The van der Waals surface area contributed by atoms with Gasteiger partial charge in [-0.3, -0.25) is 4.79 Å². The van der Waals surface area contributed by atoms with Gasteiger partial charge in [-0.2, -0.15) is 0 Å². The fourth-order valence-corrected chi connectivity index (χ4v) is 2.69. The highest BCUT2D eigenvalue weighted by atomic mass is 16.8. The Bertz CT molecular complexity index is 507. The number of benzene rings is 1. The third-order valence-corrected chi connectivity index (χ3v) is 3.81. The Balaban J connectivity index is 2.13. The fraction of sp³-hybridized carbons (Fsp3) is 0.588. The zero-order chi connectivity index (χ0) is 17.5. The molecule has 7 nitrogen and oxygen atoms in total. The SMILES string of the molecule is CO[C@@H]1[C@@H](OC)[C@H](OCc2ccccc2)OC(OC(C)=O)[C@H]1OC. The molecule has 1 fully saturated rings. The second-order valence-corrected chi connectivity index (χ2v) is 5.38. The quantitative estimate of drug-likeness (QED) is 0.696. The van der Waals surface area contributed by atoms with Crippen molar-refractivity contribution in [3.8, 4) is 0 Å². The van der Waals surface area contributed by atoms with Crippen LogP contribution in [0.1, 0.15) is 12.5 Å². The van der Waals surface area contributed by atoms with Crippen LogP contribution in [-0.4, -0.2) is 58.2 Å². The smallest absolute Gasteiger partial charge is 0.305 e. The van der Waals surface area contributed by atoms with E-state index in [2.05, 4.69) is 0 Å². The second-order valence-electron chi connectivity index (χ2n) is 5.38. The lowest BCUT2D eigenvalue weighted by atomic mass is 10.0. The Morgan fingerprint density at radius 1 is 0.958 bits per heavy atom. The van der Waals surface area contributed by atoms with Gasteiger partial charge in [0.1, 0.15) is 18.3 Å². The minimum Gasteiger partial charge on any atom is -0.433 e. The number of methoxy groups -OCH3 is 3. The van der Waals surface area contributed by atoms with Crippen LogP contribution in [0, 0.1) is 0 Å². The van der Waals surface area contributed by atoms with Gasteiger partial charge in [-0.1, -0.05) is 30.3 Å². The monoisotopic (exact) mass is 340 g/mol. The summed E-state index contributed by atoms with van der Waals surface area (Å²) in [5.41, 5.74) is 0.989. The standard InChI is InChI=1S/C17H24O7/c1-11(18)23-17-15(21-4)13(19-2)14(20-3)16(24-17)22-10-12-8-6-5-7-9-12/h5-9,13-17H,10H2,1-4H3/t13-,14-,15+,16-,17?/m1/s1. The van der Waals surface area contributed by atoms with E-state index in [1.165, 1.54) is 28.3 Å². The van der Waals surface area contributed by atoms with Gasteiger partial charge < -0.3 is 28.4 Å². The molecule has 1 aromatic carbocycles. The molecule has 0 aliphatic carbocycles. The molecular formula is C17H24O7. The highest BCUT2D eigenvalue weighted by molar-refractivity contribution is 5.66. The van der Waals surface area contributed by atoms with Crippen molar-refractivity contribution in [1.29, 1.82) is 0 Å². The summed E-state index contributed by atoms with van der Waals surface area (Å²) in [6, 6.07) is 9.67. The summed E-state index contributed by atoms with van der Waals surface area (Å²) in [7, 11) is 4.57. The van der Waals surface area contributed by atoms with Crippen molar-refractivity contribution in [3.05, 3.63) is 35.9 Å². The Labute approximate surface area is 141 Å². The summed E-state index contributed by atoms with van der Waals surface area (Å²) in [6.45, 7) is 1.63. The minimum absolute atomic E-state index is 0.326. The van der Waals surface area contributed by atoms with Gasteiger partial charge in [0, 0.05) is 28.3 Å². The van der Waals surface area contributed by atoms with Crippen LogP contribution in [-0.2, 0) is 39.8 Å². The summed E-state index contributed by atoms with van der Waals surface area (Å²) in [4.78, 5) is 11.3. The van der Waals surface area contributed by atoms with Crippen LogP contribution in [0.3, 0.4) is 0 Å². The number of hydrogen-bond acceptors (Lipinski definition) is 7. The van der Waals surface area contributed by atoms with Gasteiger partial charge in [0.2, 0.25) is 6.29 Å². The van der Waals surface area contributed by atoms with Crippen LogP contribution in [0.25, 0.3) is 0 Å². The van der Waals surface area contributed by atoms with Crippen molar-refractivity contribution < 1.29 is 33.2 Å². The average Bonchev–Trinajstić information content (AvgIpc) is 2.59. The van der Waals surface area contributed by atoms with E-state index in [9.17, 15) is 4.79 Å². The molecule has 1 aliphatic heterocycles. The van der Waals surface area contributed by atoms with Crippen LogP contribution in [0.5, 0.6) is 0 Å². The highest BCUT2D eigenvalue weighted by Gasteiger charge is 2.49. The van der Waals surface area contributed by atoms with E-state index in [1.807, 2.05) is 30.3 Å². The van der Waals surface area contributed by atoms with E-state index in [0.29, 0.717) is 6.61 Å². The van der Waals surface area contributed by atoms with Crippen molar-refractivity contribution >= 4 is 5.97 Å². The van der Waals surface area contributed by atoms with E-state index >= 15 is 0 Å². The molecular weight excluding hydrogens is 316 g/mol. The Morgan fingerprint density at radius 2 is 1.54 bits per heavy atom. The van der Waals surface area contributed by atoms with Crippen LogP contribution < -0.4 is 0 Å².